The van der Waals surface area contributed by atoms with Crippen LogP contribution in [0.4, 0.5) is 9.59 Å². The molecule has 0 saturated carbocycles. The molecule has 0 radical (unpaired) electrons. The number of hydrogen-bond acceptors (Lipinski definition) is 9. The Labute approximate surface area is 315 Å². The van der Waals surface area contributed by atoms with E-state index in [1.165, 1.54) is 11.3 Å². The number of likely N-dealkylation sites (N-methyl/N-ethyl adjacent to an activating group) is 1. The Hall–Kier alpha value is -4.33. The average molecular weight is 749 g/mol. The number of aliphatic hydroxyl groups excluding tert-OH is 1. The van der Waals surface area contributed by atoms with E-state index in [0.29, 0.717) is 38.3 Å². The van der Waals surface area contributed by atoms with Crippen molar-refractivity contribution in [1.29, 1.82) is 0 Å². The Morgan fingerprint density at radius 3 is 2.15 bits per heavy atom. The van der Waals surface area contributed by atoms with E-state index in [0.717, 1.165) is 26.7 Å². The van der Waals surface area contributed by atoms with Gasteiger partial charge < -0.3 is 30.7 Å². The number of thiazole rings is 2. The molecule has 0 bridgehead atoms. The number of aliphatic hydroxyl groups is 1. The predicted octanol–water partition coefficient (Wildman–Crippen LogP) is 6.34. The number of aromatic nitrogens is 2. The van der Waals surface area contributed by atoms with Crippen LogP contribution < -0.4 is 16.0 Å². The zero-order valence-corrected chi connectivity index (χ0v) is 32.3. The Morgan fingerprint density at radius 1 is 0.904 bits per heavy atom. The number of nitrogens with zero attached hydrogens (tertiary/aromatic N) is 3. The van der Waals surface area contributed by atoms with E-state index in [-0.39, 0.29) is 30.9 Å². The van der Waals surface area contributed by atoms with Crippen LogP contribution in [0.3, 0.4) is 0 Å². The molecule has 4 rings (SSSR count). The molecule has 2 heterocycles. The van der Waals surface area contributed by atoms with Crippen LogP contribution in [0.1, 0.15) is 73.7 Å². The van der Waals surface area contributed by atoms with Gasteiger partial charge in [0.25, 0.3) is 0 Å². The lowest BCUT2D eigenvalue weighted by Gasteiger charge is -2.31. The maximum Gasteiger partial charge on any atom is 0.407 e. The fourth-order valence-electron chi connectivity index (χ4n) is 5.75. The minimum atomic E-state index is -1.05. The first-order valence-corrected chi connectivity index (χ1v) is 19.6. The second-order valence-electron chi connectivity index (χ2n) is 13.5. The summed E-state index contributed by atoms with van der Waals surface area (Å²) in [5.74, 6) is -0.202. The summed E-state index contributed by atoms with van der Waals surface area (Å²) < 4.78 is 5.44. The molecule has 0 aliphatic rings. The third kappa shape index (κ3) is 13.0. The lowest BCUT2D eigenvalue weighted by atomic mass is 9.93. The van der Waals surface area contributed by atoms with Gasteiger partial charge in [0.15, 0.2) is 0 Å². The zero-order valence-electron chi connectivity index (χ0n) is 30.7. The zero-order chi connectivity index (χ0) is 37.5. The van der Waals surface area contributed by atoms with Crippen molar-refractivity contribution in [3.8, 4) is 0 Å². The molecule has 1 unspecified atom stereocenters. The second kappa shape index (κ2) is 20.6. The number of alkyl carbamates (subject to hydrolysis) is 1. The molecule has 4 amide bonds. The van der Waals surface area contributed by atoms with E-state index in [4.69, 9.17) is 9.72 Å². The van der Waals surface area contributed by atoms with Crippen molar-refractivity contribution in [3.05, 3.63) is 104 Å². The topological polar surface area (TPSA) is 146 Å². The summed E-state index contributed by atoms with van der Waals surface area (Å²) in [7, 11) is 0. The number of benzene rings is 2. The molecule has 0 aliphatic heterocycles. The van der Waals surface area contributed by atoms with Gasteiger partial charge in [-0.3, -0.25) is 9.78 Å². The van der Waals surface area contributed by atoms with Gasteiger partial charge in [-0.25, -0.2) is 14.6 Å². The smallest absolute Gasteiger partial charge is 0.407 e. The fourth-order valence-corrected chi connectivity index (χ4v) is 7.12. The van der Waals surface area contributed by atoms with Crippen molar-refractivity contribution in [1.82, 2.24) is 30.8 Å². The molecule has 280 valence electrons. The molecule has 11 nitrogen and oxygen atoms in total. The molecule has 0 aliphatic carbocycles. The molecular formula is C39H52N6O5S2. The standard InChI is InChI=1S/C39H52N6O5S2/c1-6-45(18-17-30-24-51-37(42-30)27(4)5)38(48)44-35(26(2)3)36(47)41-31(19-28-13-9-7-10-14-28)21-34(46)33(20-29-15-11-8-12-16-29)43-39(49)50-23-32-22-40-25-52-32/h7-16,22,24-27,31,33-35,46H,6,17-21,23H2,1-5H3,(H,41,47)(H,43,49)(H,44,48)/t31-,33-,34-,35?/m0/s1. The molecule has 0 saturated heterocycles. The number of carbonyl (C=O) groups is 3. The molecule has 4 N–H and O–H groups in total. The van der Waals surface area contributed by atoms with E-state index < -0.39 is 30.3 Å². The number of ether oxygens (including phenoxy) is 1. The maximum absolute atomic E-state index is 14.0. The van der Waals surface area contributed by atoms with Crippen LogP contribution in [0.25, 0.3) is 0 Å². The molecule has 2 aromatic carbocycles. The number of carbonyl (C=O) groups excluding carboxylic acids is 3. The third-order valence-electron chi connectivity index (χ3n) is 8.69. The van der Waals surface area contributed by atoms with Crippen molar-refractivity contribution in [2.24, 2.45) is 5.92 Å². The lowest BCUT2D eigenvalue weighted by molar-refractivity contribution is -0.124. The second-order valence-corrected chi connectivity index (χ2v) is 15.4. The summed E-state index contributed by atoms with van der Waals surface area (Å²) in [5.41, 5.74) is 4.52. The van der Waals surface area contributed by atoms with Gasteiger partial charge in [-0.1, -0.05) is 88.4 Å². The molecule has 4 aromatic rings. The molecule has 13 heteroatoms. The summed E-state index contributed by atoms with van der Waals surface area (Å²) >= 11 is 3.01. The number of amides is 4. The summed E-state index contributed by atoms with van der Waals surface area (Å²) in [6, 6.07) is 16.9. The van der Waals surface area contributed by atoms with Gasteiger partial charge in [0.2, 0.25) is 5.91 Å². The average Bonchev–Trinajstić information content (AvgIpc) is 3.83. The third-order valence-corrected chi connectivity index (χ3v) is 10.6. The SMILES string of the molecule is CCN(CCc1csc(C(C)C)n1)C(=O)NC(C(=O)N[C@@H](Cc1ccccc1)C[C@H](O)[C@H](Cc1ccccc1)NC(=O)OCc1cncs1)C(C)C. The first-order chi connectivity index (χ1) is 25.0. The van der Waals surface area contributed by atoms with Gasteiger partial charge in [-0.05, 0) is 43.2 Å². The maximum atomic E-state index is 14.0. The monoisotopic (exact) mass is 748 g/mol. The first-order valence-electron chi connectivity index (χ1n) is 17.9. The number of urea groups is 1. The van der Waals surface area contributed by atoms with E-state index in [2.05, 4.69) is 34.8 Å². The fraction of sp³-hybridized carbons (Fsp3) is 0.462. The minimum Gasteiger partial charge on any atom is -0.444 e. The quantitative estimate of drug-likeness (QED) is 0.0876. The van der Waals surface area contributed by atoms with Crippen LogP contribution in [-0.4, -0.2) is 75.3 Å². The van der Waals surface area contributed by atoms with Crippen LogP contribution >= 0.6 is 22.7 Å². The number of rotatable bonds is 19. The van der Waals surface area contributed by atoms with Crippen molar-refractivity contribution in [2.45, 2.75) is 97.1 Å². The van der Waals surface area contributed by atoms with Gasteiger partial charge in [0.1, 0.15) is 12.6 Å². The van der Waals surface area contributed by atoms with Gasteiger partial charge in [0.05, 0.1) is 33.2 Å². The van der Waals surface area contributed by atoms with E-state index in [1.54, 1.807) is 27.9 Å². The molecule has 4 atom stereocenters. The van der Waals surface area contributed by atoms with Crippen LogP contribution in [0.5, 0.6) is 0 Å². The normalized spacial score (nSPS) is 13.6. The number of hydrogen-bond donors (Lipinski definition) is 4. The highest BCUT2D eigenvalue weighted by Crippen LogP contribution is 2.20. The minimum absolute atomic E-state index is 0.0685. The van der Waals surface area contributed by atoms with Crippen LogP contribution in [0.2, 0.25) is 0 Å². The highest BCUT2D eigenvalue weighted by atomic mass is 32.1. The molecular weight excluding hydrogens is 697 g/mol. The number of nitrogens with one attached hydrogen (secondary N) is 3. The van der Waals surface area contributed by atoms with Gasteiger partial charge in [0, 0.05) is 43.0 Å². The van der Waals surface area contributed by atoms with Gasteiger partial charge >= 0.3 is 12.1 Å². The molecule has 0 fully saturated rings. The highest BCUT2D eigenvalue weighted by molar-refractivity contribution is 7.09. The summed E-state index contributed by atoms with van der Waals surface area (Å²) in [5, 5.41) is 23.8. The Bertz CT molecular complexity index is 1650. The summed E-state index contributed by atoms with van der Waals surface area (Å²) in [6.45, 7) is 10.9. The highest BCUT2D eigenvalue weighted by Gasteiger charge is 2.31. The lowest BCUT2D eigenvalue weighted by Crippen LogP contribution is -2.56. The van der Waals surface area contributed by atoms with Crippen LogP contribution in [0, 0.1) is 5.92 Å². The Morgan fingerprint density at radius 2 is 1.58 bits per heavy atom. The first kappa shape index (κ1) is 40.4. The van der Waals surface area contributed by atoms with Crippen molar-refractivity contribution < 1.29 is 24.2 Å². The molecule has 52 heavy (non-hydrogen) atoms. The van der Waals surface area contributed by atoms with Crippen molar-refractivity contribution in [2.75, 3.05) is 13.1 Å². The van der Waals surface area contributed by atoms with Crippen molar-refractivity contribution in [3.63, 3.8) is 0 Å². The molecule has 0 spiro atoms. The Kier molecular flexibility index (Phi) is 16.1. The summed E-state index contributed by atoms with van der Waals surface area (Å²) in [4.78, 5) is 51.6. The van der Waals surface area contributed by atoms with E-state index in [1.807, 2.05) is 86.8 Å². The summed E-state index contributed by atoms with van der Waals surface area (Å²) in [6.07, 6.45) is 1.48. The van der Waals surface area contributed by atoms with Crippen molar-refractivity contribution >= 4 is 40.7 Å². The largest absolute Gasteiger partial charge is 0.444 e. The van der Waals surface area contributed by atoms with Gasteiger partial charge in [-0.15, -0.1) is 22.7 Å². The van der Waals surface area contributed by atoms with Gasteiger partial charge in [-0.2, -0.15) is 0 Å². The van der Waals surface area contributed by atoms with E-state index in [9.17, 15) is 19.5 Å². The van der Waals surface area contributed by atoms with Crippen LogP contribution in [-0.2, 0) is 35.4 Å². The Balaban J connectivity index is 1.46. The predicted molar refractivity (Wildman–Crippen MR) is 206 cm³/mol. The van der Waals surface area contributed by atoms with E-state index >= 15 is 0 Å². The molecule has 2 aromatic heterocycles. The van der Waals surface area contributed by atoms with Crippen LogP contribution in [0.15, 0.2) is 77.8 Å².